The highest BCUT2D eigenvalue weighted by atomic mass is 32.2. The van der Waals surface area contributed by atoms with Gasteiger partial charge in [0.1, 0.15) is 0 Å². The largest absolute Gasteiger partial charge is 0.313 e. The van der Waals surface area contributed by atoms with E-state index in [4.69, 9.17) is 0 Å². The van der Waals surface area contributed by atoms with Crippen molar-refractivity contribution in [3.05, 3.63) is 52.2 Å². The summed E-state index contributed by atoms with van der Waals surface area (Å²) in [4.78, 5) is 1.38. The molecule has 1 N–H and O–H groups in total. The van der Waals surface area contributed by atoms with Gasteiger partial charge < -0.3 is 5.32 Å². The van der Waals surface area contributed by atoms with Crippen molar-refractivity contribution in [2.75, 3.05) is 13.3 Å². The van der Waals surface area contributed by atoms with E-state index in [0.717, 1.165) is 12.8 Å². The highest BCUT2D eigenvalue weighted by molar-refractivity contribution is 7.98. The molecule has 0 amide bonds. The Kier molecular flexibility index (Phi) is 5.29. The number of aryl methyl sites for hydroxylation is 1. The number of benzene rings is 1. The number of hydrogen-bond donors (Lipinski definition) is 1. The zero-order valence-corrected chi connectivity index (χ0v) is 12.5. The maximum absolute atomic E-state index is 3.45. The van der Waals surface area contributed by atoms with Crippen molar-refractivity contribution < 1.29 is 0 Å². The molecule has 2 aromatic rings. The molecule has 0 aliphatic carbocycles. The van der Waals surface area contributed by atoms with Gasteiger partial charge in [-0.15, -0.1) is 11.8 Å². The van der Waals surface area contributed by atoms with Gasteiger partial charge in [0.15, 0.2) is 0 Å². The van der Waals surface area contributed by atoms with E-state index in [-0.39, 0.29) is 0 Å². The van der Waals surface area contributed by atoms with E-state index in [0.29, 0.717) is 6.04 Å². The normalized spacial score (nSPS) is 12.6. The summed E-state index contributed by atoms with van der Waals surface area (Å²) in [6, 6.07) is 11.3. The molecule has 3 heteroatoms. The van der Waals surface area contributed by atoms with Crippen LogP contribution < -0.4 is 5.32 Å². The van der Waals surface area contributed by atoms with Crippen molar-refractivity contribution in [1.29, 1.82) is 0 Å². The summed E-state index contributed by atoms with van der Waals surface area (Å²) < 4.78 is 0. The van der Waals surface area contributed by atoms with E-state index in [1.165, 1.54) is 16.0 Å². The van der Waals surface area contributed by atoms with Crippen LogP contribution in [0.25, 0.3) is 0 Å². The van der Waals surface area contributed by atoms with Gasteiger partial charge in [-0.25, -0.2) is 0 Å². The second kappa shape index (κ2) is 6.98. The second-order valence-electron chi connectivity index (χ2n) is 4.25. The first-order chi connectivity index (χ1) is 8.85. The van der Waals surface area contributed by atoms with Gasteiger partial charge in [0, 0.05) is 10.9 Å². The van der Waals surface area contributed by atoms with Crippen LogP contribution in [-0.2, 0) is 6.42 Å². The summed E-state index contributed by atoms with van der Waals surface area (Å²) in [5.41, 5.74) is 2.87. The third-order valence-electron chi connectivity index (χ3n) is 3.16. The van der Waals surface area contributed by atoms with Crippen LogP contribution in [0.15, 0.2) is 46.0 Å². The molecule has 0 radical (unpaired) electrons. The number of rotatable bonds is 6. The van der Waals surface area contributed by atoms with Gasteiger partial charge >= 0.3 is 0 Å². The Morgan fingerprint density at radius 3 is 2.78 bits per heavy atom. The molecule has 1 atom stereocenters. The Morgan fingerprint density at radius 1 is 1.28 bits per heavy atom. The summed E-state index contributed by atoms with van der Waals surface area (Å²) in [7, 11) is 2.05. The first kappa shape index (κ1) is 13.7. The standard InChI is InChI=1S/C15H19NS2/c1-16-14(8-7-12-9-10-18-11-12)13-5-3-4-6-15(13)17-2/h3-6,9-11,14,16H,7-8H2,1-2H3. The zero-order valence-electron chi connectivity index (χ0n) is 10.8. The highest BCUT2D eigenvalue weighted by Gasteiger charge is 2.12. The molecule has 18 heavy (non-hydrogen) atoms. The van der Waals surface area contributed by atoms with Gasteiger partial charge in [-0.1, -0.05) is 18.2 Å². The summed E-state index contributed by atoms with van der Waals surface area (Å²) in [5.74, 6) is 0. The summed E-state index contributed by atoms with van der Waals surface area (Å²) in [6.45, 7) is 0. The molecule has 1 aromatic carbocycles. The number of hydrogen-bond acceptors (Lipinski definition) is 3. The third-order valence-corrected chi connectivity index (χ3v) is 4.71. The molecule has 96 valence electrons. The molecule has 0 bridgehead atoms. The van der Waals surface area contributed by atoms with Crippen molar-refractivity contribution in [3.63, 3.8) is 0 Å². The molecule has 0 fully saturated rings. The SMILES string of the molecule is CNC(CCc1ccsc1)c1ccccc1SC. The van der Waals surface area contributed by atoms with Gasteiger partial charge in [0.05, 0.1) is 0 Å². The molecule has 1 heterocycles. The van der Waals surface area contributed by atoms with Crippen molar-refractivity contribution in [3.8, 4) is 0 Å². The fourth-order valence-electron chi connectivity index (χ4n) is 2.16. The molecular weight excluding hydrogens is 258 g/mol. The van der Waals surface area contributed by atoms with Crippen LogP contribution >= 0.6 is 23.1 Å². The van der Waals surface area contributed by atoms with Gasteiger partial charge in [0.25, 0.3) is 0 Å². The van der Waals surface area contributed by atoms with Gasteiger partial charge in [-0.3, -0.25) is 0 Å². The fourth-order valence-corrected chi connectivity index (χ4v) is 3.52. The number of thioether (sulfide) groups is 1. The topological polar surface area (TPSA) is 12.0 Å². The molecule has 1 nitrogen and oxygen atoms in total. The van der Waals surface area contributed by atoms with Gasteiger partial charge in [-0.05, 0) is 60.2 Å². The maximum Gasteiger partial charge on any atom is 0.0331 e. The van der Waals surface area contributed by atoms with Crippen molar-refractivity contribution in [2.24, 2.45) is 0 Å². The summed E-state index contributed by atoms with van der Waals surface area (Å²) in [5, 5.41) is 7.84. The van der Waals surface area contributed by atoms with Crippen LogP contribution in [0.2, 0.25) is 0 Å². The maximum atomic E-state index is 3.45. The Bertz CT molecular complexity index is 465. The first-order valence-corrected chi connectivity index (χ1v) is 8.33. The molecule has 0 aliphatic heterocycles. The third kappa shape index (κ3) is 3.37. The van der Waals surface area contributed by atoms with Gasteiger partial charge in [-0.2, -0.15) is 11.3 Å². The minimum atomic E-state index is 0.438. The van der Waals surface area contributed by atoms with Crippen molar-refractivity contribution in [1.82, 2.24) is 5.32 Å². The quantitative estimate of drug-likeness (QED) is 0.787. The zero-order chi connectivity index (χ0) is 12.8. The van der Waals surface area contributed by atoms with Crippen LogP contribution in [0.4, 0.5) is 0 Å². The predicted molar refractivity (Wildman–Crippen MR) is 82.7 cm³/mol. The number of thiophene rings is 1. The molecule has 1 unspecified atom stereocenters. The molecule has 0 aliphatic rings. The number of nitrogens with one attached hydrogen (secondary N) is 1. The van der Waals surface area contributed by atoms with E-state index in [9.17, 15) is 0 Å². The molecule has 2 rings (SSSR count). The molecule has 0 saturated heterocycles. The summed E-state index contributed by atoms with van der Waals surface area (Å²) in [6.07, 6.45) is 4.42. The lowest BCUT2D eigenvalue weighted by atomic mass is 10.0. The molecule has 0 spiro atoms. The lowest BCUT2D eigenvalue weighted by molar-refractivity contribution is 0.542. The Hall–Kier alpha value is -0.770. The van der Waals surface area contributed by atoms with E-state index in [1.54, 1.807) is 11.3 Å². The average Bonchev–Trinajstić information content (AvgIpc) is 2.93. The Balaban J connectivity index is 2.08. The summed E-state index contributed by atoms with van der Waals surface area (Å²) >= 11 is 3.60. The lowest BCUT2D eigenvalue weighted by Gasteiger charge is -2.19. The van der Waals surface area contributed by atoms with E-state index < -0.39 is 0 Å². The van der Waals surface area contributed by atoms with E-state index >= 15 is 0 Å². The monoisotopic (exact) mass is 277 g/mol. The van der Waals surface area contributed by atoms with Crippen LogP contribution in [0.3, 0.4) is 0 Å². The Labute approximate surface area is 118 Å². The van der Waals surface area contributed by atoms with Gasteiger partial charge in [0.2, 0.25) is 0 Å². The average molecular weight is 277 g/mol. The van der Waals surface area contributed by atoms with Crippen LogP contribution in [-0.4, -0.2) is 13.3 Å². The molecular formula is C15H19NS2. The van der Waals surface area contributed by atoms with Crippen LogP contribution in [0, 0.1) is 0 Å². The van der Waals surface area contributed by atoms with Crippen molar-refractivity contribution in [2.45, 2.75) is 23.8 Å². The lowest BCUT2D eigenvalue weighted by Crippen LogP contribution is -2.17. The smallest absolute Gasteiger partial charge is 0.0331 e. The van der Waals surface area contributed by atoms with E-state index in [2.05, 4.69) is 59.7 Å². The first-order valence-electron chi connectivity index (χ1n) is 6.16. The molecule has 0 saturated carbocycles. The highest BCUT2D eigenvalue weighted by Crippen LogP contribution is 2.28. The minimum Gasteiger partial charge on any atom is -0.313 e. The van der Waals surface area contributed by atoms with Crippen molar-refractivity contribution >= 4 is 23.1 Å². The fraction of sp³-hybridized carbons (Fsp3) is 0.333. The van der Waals surface area contributed by atoms with Crippen LogP contribution in [0.5, 0.6) is 0 Å². The van der Waals surface area contributed by atoms with E-state index in [1.807, 2.05) is 11.8 Å². The predicted octanol–water partition coefficient (Wildman–Crippen LogP) is 4.36. The minimum absolute atomic E-state index is 0.438. The second-order valence-corrected chi connectivity index (χ2v) is 5.88. The molecule has 1 aromatic heterocycles. The van der Waals surface area contributed by atoms with Crippen LogP contribution in [0.1, 0.15) is 23.6 Å². The Morgan fingerprint density at radius 2 is 2.11 bits per heavy atom.